The summed E-state index contributed by atoms with van der Waals surface area (Å²) in [5, 5.41) is 18.0. The van der Waals surface area contributed by atoms with Crippen molar-refractivity contribution in [3.8, 4) is 28.8 Å². The van der Waals surface area contributed by atoms with Crippen molar-refractivity contribution in [1.82, 2.24) is 15.1 Å². The molecule has 1 saturated heterocycles. The average molecular weight is 428 g/mol. The number of aromatic nitrogens is 2. The van der Waals surface area contributed by atoms with Gasteiger partial charge in [0.2, 0.25) is 0 Å². The summed E-state index contributed by atoms with van der Waals surface area (Å²) in [5.74, 6) is 0.928. The van der Waals surface area contributed by atoms with Crippen molar-refractivity contribution in [2.45, 2.75) is 25.8 Å². The van der Waals surface area contributed by atoms with Crippen LogP contribution in [0.15, 0.2) is 54.6 Å². The molecule has 1 saturated carbocycles. The van der Waals surface area contributed by atoms with E-state index in [4.69, 9.17) is 14.6 Å². The van der Waals surface area contributed by atoms with Gasteiger partial charge in [-0.2, -0.15) is 10.4 Å². The van der Waals surface area contributed by atoms with Gasteiger partial charge >= 0.3 is 5.97 Å². The highest BCUT2D eigenvalue weighted by Gasteiger charge is 2.50. The third-order valence-electron chi connectivity index (χ3n) is 6.28. The number of hydrogen-bond acceptors (Lipinski definition) is 6. The van der Waals surface area contributed by atoms with Crippen LogP contribution in [-0.2, 0) is 4.74 Å². The lowest BCUT2D eigenvalue weighted by Crippen LogP contribution is -2.60. The lowest BCUT2D eigenvalue weighted by Gasteiger charge is -2.54. The van der Waals surface area contributed by atoms with E-state index >= 15 is 0 Å². The number of rotatable bonds is 6. The number of nitrogens with zero attached hydrogens (tertiary/aromatic N) is 3. The second kappa shape index (κ2) is 8.13. The van der Waals surface area contributed by atoms with Gasteiger partial charge in [-0.1, -0.05) is 18.2 Å². The zero-order valence-electron chi connectivity index (χ0n) is 17.9. The summed E-state index contributed by atoms with van der Waals surface area (Å²) in [5.41, 5.74) is 2.07. The molecule has 0 atom stereocenters. The van der Waals surface area contributed by atoms with Crippen molar-refractivity contribution in [3.63, 3.8) is 0 Å². The van der Waals surface area contributed by atoms with Gasteiger partial charge in [0.25, 0.3) is 0 Å². The fraction of sp³-hybridized carbons (Fsp3) is 0.320. The van der Waals surface area contributed by atoms with Crippen LogP contribution >= 0.6 is 0 Å². The van der Waals surface area contributed by atoms with Gasteiger partial charge in [0.05, 0.1) is 12.6 Å². The molecule has 1 aliphatic carbocycles. The highest BCUT2D eigenvalue weighted by Crippen LogP contribution is 2.51. The Morgan fingerprint density at radius 3 is 2.44 bits per heavy atom. The van der Waals surface area contributed by atoms with Gasteiger partial charge in [0.1, 0.15) is 28.8 Å². The number of ether oxygens (including phenoxy) is 2. The van der Waals surface area contributed by atoms with E-state index in [2.05, 4.69) is 11.4 Å². The molecule has 0 bridgehead atoms. The van der Waals surface area contributed by atoms with E-state index in [0.717, 1.165) is 37.2 Å². The van der Waals surface area contributed by atoms with E-state index in [1.807, 2.05) is 54.6 Å². The molecule has 0 amide bonds. The molecule has 5 rings (SSSR count). The van der Waals surface area contributed by atoms with Crippen molar-refractivity contribution in [1.29, 1.82) is 5.26 Å². The highest BCUT2D eigenvalue weighted by molar-refractivity contribution is 5.93. The van der Waals surface area contributed by atoms with E-state index < -0.39 is 5.97 Å². The number of para-hydroxylation sites is 1. The van der Waals surface area contributed by atoms with Crippen LogP contribution in [0.2, 0.25) is 0 Å². The Labute approximate surface area is 186 Å². The third-order valence-corrected chi connectivity index (χ3v) is 6.28. The Morgan fingerprint density at radius 2 is 1.84 bits per heavy atom. The van der Waals surface area contributed by atoms with Gasteiger partial charge in [0, 0.05) is 18.7 Å². The molecule has 0 radical (unpaired) electrons. The summed E-state index contributed by atoms with van der Waals surface area (Å²) >= 11 is 0. The minimum Gasteiger partial charge on any atom is -0.461 e. The normalized spacial score (nSPS) is 16.6. The number of benzene rings is 2. The van der Waals surface area contributed by atoms with Crippen molar-refractivity contribution in [2.24, 2.45) is 5.41 Å². The first-order valence-electron chi connectivity index (χ1n) is 10.9. The standard InChI is InChI=1S/C25H24N4O3/c1-2-31-24(30)23-21(14-26)22(28-29(23)18-12-25(13-18)15-27-16-25)17-8-10-20(11-9-17)32-19-6-4-3-5-7-19/h3-11,18,27H,2,12-13,15-16H2,1H3. The fourth-order valence-electron chi connectivity index (χ4n) is 4.59. The first-order chi connectivity index (χ1) is 15.6. The molecule has 0 unspecified atom stereocenters. The van der Waals surface area contributed by atoms with E-state index in [1.54, 1.807) is 11.6 Å². The minimum atomic E-state index is -0.500. The molecule has 2 aromatic carbocycles. The smallest absolute Gasteiger partial charge is 0.358 e. The third kappa shape index (κ3) is 3.53. The van der Waals surface area contributed by atoms with Crippen molar-refractivity contribution < 1.29 is 14.3 Å². The SMILES string of the molecule is CCOC(=O)c1c(C#N)c(-c2ccc(Oc3ccccc3)cc2)nn1C1CC2(CNC2)C1. The van der Waals surface area contributed by atoms with Gasteiger partial charge < -0.3 is 14.8 Å². The maximum Gasteiger partial charge on any atom is 0.358 e. The molecule has 162 valence electrons. The summed E-state index contributed by atoms with van der Waals surface area (Å²) in [6, 6.07) is 19.2. The van der Waals surface area contributed by atoms with Gasteiger partial charge in [-0.05, 0) is 61.6 Å². The molecule has 3 aromatic rings. The topological polar surface area (TPSA) is 89.2 Å². The van der Waals surface area contributed by atoms with Gasteiger partial charge in [-0.3, -0.25) is 4.68 Å². The van der Waals surface area contributed by atoms with Crippen LogP contribution in [0, 0.1) is 16.7 Å². The maximum absolute atomic E-state index is 12.8. The molecule has 7 nitrogen and oxygen atoms in total. The lowest BCUT2D eigenvalue weighted by molar-refractivity contribution is -0.000267. The zero-order chi connectivity index (χ0) is 22.1. The van der Waals surface area contributed by atoms with Crippen LogP contribution in [0.3, 0.4) is 0 Å². The molecule has 1 aliphatic heterocycles. The van der Waals surface area contributed by atoms with Gasteiger partial charge in [-0.25, -0.2) is 4.79 Å². The Hall–Kier alpha value is -3.63. The maximum atomic E-state index is 12.8. The van der Waals surface area contributed by atoms with Gasteiger partial charge in [-0.15, -0.1) is 0 Å². The Morgan fingerprint density at radius 1 is 1.16 bits per heavy atom. The summed E-state index contributed by atoms with van der Waals surface area (Å²) < 4.78 is 12.9. The number of hydrogen-bond donors (Lipinski definition) is 1. The van der Waals surface area contributed by atoms with Crippen LogP contribution in [0.25, 0.3) is 11.3 Å². The van der Waals surface area contributed by atoms with E-state index in [0.29, 0.717) is 16.9 Å². The van der Waals surface area contributed by atoms with Crippen molar-refractivity contribution in [3.05, 3.63) is 65.9 Å². The molecule has 1 N–H and O–H groups in total. The number of carbonyl (C=O) groups excluding carboxylic acids is 1. The fourth-order valence-corrected chi connectivity index (χ4v) is 4.59. The predicted molar refractivity (Wildman–Crippen MR) is 118 cm³/mol. The van der Waals surface area contributed by atoms with Crippen LogP contribution in [0.1, 0.15) is 41.9 Å². The molecule has 2 fully saturated rings. The Kier molecular flexibility index (Phi) is 5.16. The first kappa shape index (κ1) is 20.3. The molecule has 2 aliphatic rings. The number of nitriles is 1. The molecule has 2 heterocycles. The second-order valence-corrected chi connectivity index (χ2v) is 8.45. The van der Waals surface area contributed by atoms with Crippen LogP contribution < -0.4 is 10.1 Å². The average Bonchev–Trinajstić information content (AvgIpc) is 3.12. The molecular weight excluding hydrogens is 404 g/mol. The summed E-state index contributed by atoms with van der Waals surface area (Å²) in [4.78, 5) is 12.8. The van der Waals surface area contributed by atoms with Gasteiger partial charge in [0.15, 0.2) is 5.69 Å². The largest absolute Gasteiger partial charge is 0.461 e. The molecule has 1 aromatic heterocycles. The Bertz CT molecular complexity index is 1170. The lowest BCUT2D eigenvalue weighted by atomic mass is 9.61. The number of esters is 1. The minimum absolute atomic E-state index is 0.0954. The Balaban J connectivity index is 1.47. The summed E-state index contributed by atoms with van der Waals surface area (Å²) in [6.45, 7) is 4.00. The molecule has 1 spiro atoms. The number of nitrogens with one attached hydrogen (secondary N) is 1. The van der Waals surface area contributed by atoms with Crippen LogP contribution in [0.4, 0.5) is 0 Å². The molecule has 7 heteroatoms. The second-order valence-electron chi connectivity index (χ2n) is 8.45. The van der Waals surface area contributed by atoms with Crippen LogP contribution in [-0.4, -0.2) is 35.4 Å². The molecular formula is C25H24N4O3. The summed E-state index contributed by atoms with van der Waals surface area (Å²) in [6.07, 6.45) is 1.89. The zero-order valence-corrected chi connectivity index (χ0v) is 17.9. The first-order valence-corrected chi connectivity index (χ1v) is 10.9. The highest BCUT2D eigenvalue weighted by atomic mass is 16.5. The monoisotopic (exact) mass is 428 g/mol. The predicted octanol–water partition coefficient (Wildman–Crippen LogP) is 4.32. The number of carbonyl (C=O) groups is 1. The summed E-state index contributed by atoms with van der Waals surface area (Å²) in [7, 11) is 0. The quantitative estimate of drug-likeness (QED) is 0.589. The van der Waals surface area contributed by atoms with Crippen molar-refractivity contribution in [2.75, 3.05) is 19.7 Å². The van der Waals surface area contributed by atoms with E-state index in [-0.39, 0.29) is 23.9 Å². The van der Waals surface area contributed by atoms with E-state index in [9.17, 15) is 10.1 Å². The molecule has 32 heavy (non-hydrogen) atoms. The van der Waals surface area contributed by atoms with Crippen LogP contribution in [0.5, 0.6) is 11.5 Å². The van der Waals surface area contributed by atoms with Crippen molar-refractivity contribution >= 4 is 5.97 Å². The van der Waals surface area contributed by atoms with E-state index in [1.165, 1.54) is 0 Å².